The van der Waals surface area contributed by atoms with E-state index in [-0.39, 0.29) is 19.1 Å². The van der Waals surface area contributed by atoms with Crippen molar-refractivity contribution in [2.75, 3.05) is 13.2 Å². The van der Waals surface area contributed by atoms with E-state index in [0.717, 1.165) is 5.56 Å². The maximum atomic E-state index is 11.4. The van der Waals surface area contributed by atoms with Gasteiger partial charge in [0.2, 0.25) is 5.91 Å². The van der Waals surface area contributed by atoms with Crippen LogP contribution in [0.3, 0.4) is 0 Å². The molecule has 102 valence electrons. The van der Waals surface area contributed by atoms with Gasteiger partial charge >= 0.3 is 5.97 Å². The van der Waals surface area contributed by atoms with E-state index < -0.39 is 5.97 Å². The Labute approximate surface area is 121 Å². The smallest absolute Gasteiger partial charge is 0.325 e. The van der Waals surface area contributed by atoms with E-state index >= 15 is 0 Å². The molecule has 0 unspecified atom stereocenters. The summed E-state index contributed by atoms with van der Waals surface area (Å²) in [7, 11) is 0. The van der Waals surface area contributed by atoms with Crippen LogP contribution in [-0.2, 0) is 14.3 Å². The van der Waals surface area contributed by atoms with Crippen molar-refractivity contribution in [3.05, 3.63) is 39.9 Å². The molecule has 0 atom stereocenters. The average Bonchev–Trinajstić information content (AvgIpc) is 2.38. The van der Waals surface area contributed by atoms with Crippen LogP contribution in [0, 0.1) is 0 Å². The molecule has 0 aliphatic rings. The van der Waals surface area contributed by atoms with Crippen molar-refractivity contribution in [3.8, 4) is 0 Å². The number of rotatable bonds is 5. The summed E-state index contributed by atoms with van der Waals surface area (Å²) in [5.41, 5.74) is 0.737. The average molecular weight is 302 g/mol. The van der Waals surface area contributed by atoms with E-state index in [1.54, 1.807) is 31.2 Å². The van der Waals surface area contributed by atoms with Crippen molar-refractivity contribution >= 4 is 41.2 Å². The molecule has 4 nitrogen and oxygen atoms in total. The van der Waals surface area contributed by atoms with E-state index in [1.165, 1.54) is 6.08 Å². The Morgan fingerprint density at radius 3 is 2.68 bits per heavy atom. The predicted octanol–water partition coefficient (Wildman–Crippen LogP) is 2.69. The minimum absolute atomic E-state index is 0.154. The van der Waals surface area contributed by atoms with Crippen molar-refractivity contribution in [2.45, 2.75) is 6.92 Å². The van der Waals surface area contributed by atoms with Crippen LogP contribution in [0.15, 0.2) is 24.3 Å². The topological polar surface area (TPSA) is 55.4 Å². The van der Waals surface area contributed by atoms with E-state index in [4.69, 9.17) is 23.2 Å². The second-order valence-electron chi connectivity index (χ2n) is 3.53. The summed E-state index contributed by atoms with van der Waals surface area (Å²) < 4.78 is 4.67. The highest BCUT2D eigenvalue weighted by atomic mass is 35.5. The summed E-state index contributed by atoms with van der Waals surface area (Å²) in [6.07, 6.45) is 2.88. The molecule has 19 heavy (non-hydrogen) atoms. The molecule has 0 aliphatic heterocycles. The number of carbonyl (C=O) groups is 2. The van der Waals surface area contributed by atoms with Crippen LogP contribution in [0.4, 0.5) is 0 Å². The second kappa shape index (κ2) is 7.81. The summed E-state index contributed by atoms with van der Waals surface area (Å²) >= 11 is 11.6. The Morgan fingerprint density at radius 1 is 1.32 bits per heavy atom. The zero-order valence-corrected chi connectivity index (χ0v) is 11.8. The monoisotopic (exact) mass is 301 g/mol. The molecule has 0 aliphatic carbocycles. The van der Waals surface area contributed by atoms with E-state index in [1.807, 2.05) is 0 Å². The van der Waals surface area contributed by atoms with Gasteiger partial charge in [-0.2, -0.15) is 0 Å². The van der Waals surface area contributed by atoms with Gasteiger partial charge in [-0.05, 0) is 30.7 Å². The normalized spacial score (nSPS) is 10.5. The lowest BCUT2D eigenvalue weighted by Gasteiger charge is -2.02. The van der Waals surface area contributed by atoms with Crippen LogP contribution in [0.5, 0.6) is 0 Å². The molecule has 1 aromatic carbocycles. The first-order chi connectivity index (χ1) is 9.02. The number of halogens is 2. The SMILES string of the molecule is CCOC(=O)CNC(=O)C=Cc1ccc(Cl)c(Cl)c1. The van der Waals surface area contributed by atoms with Crippen LogP contribution < -0.4 is 5.32 Å². The maximum Gasteiger partial charge on any atom is 0.325 e. The third kappa shape index (κ3) is 5.77. The fourth-order valence-electron chi connectivity index (χ4n) is 1.22. The Kier molecular flexibility index (Phi) is 6.39. The number of benzene rings is 1. The lowest BCUT2D eigenvalue weighted by molar-refractivity contribution is -0.143. The highest BCUT2D eigenvalue weighted by Crippen LogP contribution is 2.22. The fourth-order valence-corrected chi connectivity index (χ4v) is 1.52. The van der Waals surface area contributed by atoms with Crippen LogP contribution in [-0.4, -0.2) is 25.0 Å². The summed E-state index contributed by atoms with van der Waals surface area (Å²) in [6.45, 7) is 1.83. The quantitative estimate of drug-likeness (QED) is 0.672. The van der Waals surface area contributed by atoms with Gasteiger partial charge in [-0.25, -0.2) is 0 Å². The predicted molar refractivity (Wildman–Crippen MR) is 75.1 cm³/mol. The first kappa shape index (κ1) is 15.5. The molecule has 0 spiro atoms. The van der Waals surface area contributed by atoms with E-state index in [2.05, 4.69) is 10.1 Å². The Bertz CT molecular complexity index is 501. The molecule has 0 heterocycles. The van der Waals surface area contributed by atoms with Gasteiger partial charge in [0.1, 0.15) is 6.54 Å². The highest BCUT2D eigenvalue weighted by molar-refractivity contribution is 6.42. The number of nitrogens with one attached hydrogen (secondary N) is 1. The summed E-state index contributed by atoms with van der Waals surface area (Å²) in [4.78, 5) is 22.4. The van der Waals surface area contributed by atoms with Gasteiger partial charge in [-0.3, -0.25) is 9.59 Å². The molecule has 0 bridgehead atoms. The standard InChI is InChI=1S/C13H13Cl2NO3/c1-2-19-13(18)8-16-12(17)6-4-9-3-5-10(14)11(15)7-9/h3-7H,2,8H2,1H3,(H,16,17). The van der Waals surface area contributed by atoms with Crippen LogP contribution in [0.25, 0.3) is 6.08 Å². The van der Waals surface area contributed by atoms with Crippen LogP contribution in [0.2, 0.25) is 10.0 Å². The Hall–Kier alpha value is -1.52. The van der Waals surface area contributed by atoms with Crippen LogP contribution in [0.1, 0.15) is 12.5 Å². The summed E-state index contributed by atoms with van der Waals surface area (Å²) in [5.74, 6) is -0.863. The lowest BCUT2D eigenvalue weighted by Crippen LogP contribution is -2.29. The van der Waals surface area contributed by atoms with Crippen molar-refractivity contribution < 1.29 is 14.3 Å². The second-order valence-corrected chi connectivity index (χ2v) is 4.34. The largest absolute Gasteiger partial charge is 0.465 e. The number of hydrogen-bond acceptors (Lipinski definition) is 3. The maximum absolute atomic E-state index is 11.4. The number of esters is 1. The third-order valence-electron chi connectivity index (χ3n) is 2.08. The molecule has 1 rings (SSSR count). The van der Waals surface area contributed by atoms with E-state index in [9.17, 15) is 9.59 Å². The minimum atomic E-state index is -0.473. The van der Waals surface area contributed by atoms with Gasteiger partial charge in [-0.15, -0.1) is 0 Å². The van der Waals surface area contributed by atoms with E-state index in [0.29, 0.717) is 10.0 Å². The van der Waals surface area contributed by atoms with Crippen molar-refractivity contribution in [1.82, 2.24) is 5.32 Å². The lowest BCUT2D eigenvalue weighted by atomic mass is 10.2. The molecule has 0 saturated carbocycles. The van der Waals surface area contributed by atoms with Gasteiger partial charge < -0.3 is 10.1 Å². The fraction of sp³-hybridized carbons (Fsp3) is 0.231. The minimum Gasteiger partial charge on any atom is -0.465 e. The van der Waals surface area contributed by atoms with Crippen molar-refractivity contribution in [2.24, 2.45) is 0 Å². The zero-order chi connectivity index (χ0) is 14.3. The molecule has 0 aromatic heterocycles. The van der Waals surface area contributed by atoms with Gasteiger partial charge in [-0.1, -0.05) is 29.3 Å². The first-order valence-electron chi connectivity index (χ1n) is 5.59. The molecule has 6 heteroatoms. The van der Waals surface area contributed by atoms with Gasteiger partial charge in [0, 0.05) is 6.08 Å². The van der Waals surface area contributed by atoms with Gasteiger partial charge in [0.05, 0.1) is 16.7 Å². The molecule has 1 amide bonds. The summed E-state index contributed by atoms with van der Waals surface area (Å²) in [5, 5.41) is 3.27. The van der Waals surface area contributed by atoms with Crippen LogP contribution >= 0.6 is 23.2 Å². The number of ether oxygens (including phenoxy) is 1. The molecule has 1 aromatic rings. The first-order valence-corrected chi connectivity index (χ1v) is 6.35. The van der Waals surface area contributed by atoms with Crippen molar-refractivity contribution in [3.63, 3.8) is 0 Å². The zero-order valence-electron chi connectivity index (χ0n) is 10.3. The van der Waals surface area contributed by atoms with Gasteiger partial charge in [0.15, 0.2) is 0 Å². The molecule has 0 saturated heterocycles. The Morgan fingerprint density at radius 2 is 2.05 bits per heavy atom. The molecule has 0 radical (unpaired) electrons. The third-order valence-corrected chi connectivity index (χ3v) is 2.82. The number of amides is 1. The summed E-state index contributed by atoms with van der Waals surface area (Å²) in [6, 6.07) is 5.00. The Balaban J connectivity index is 2.49. The molecule has 0 fully saturated rings. The molecule has 1 N–H and O–H groups in total. The van der Waals surface area contributed by atoms with Crippen molar-refractivity contribution in [1.29, 1.82) is 0 Å². The highest BCUT2D eigenvalue weighted by Gasteiger charge is 2.03. The van der Waals surface area contributed by atoms with Gasteiger partial charge in [0.25, 0.3) is 0 Å². The molecular weight excluding hydrogens is 289 g/mol. The molecular formula is C13H13Cl2NO3. The number of hydrogen-bond donors (Lipinski definition) is 1. The number of carbonyl (C=O) groups excluding carboxylic acids is 2.